The largest absolute Gasteiger partial charge is 0.324 e. The fourth-order valence-corrected chi connectivity index (χ4v) is 2.94. The van der Waals surface area contributed by atoms with Crippen LogP contribution in [-0.4, -0.2) is 4.98 Å². The predicted octanol–water partition coefficient (Wildman–Crippen LogP) is 3.85. The van der Waals surface area contributed by atoms with E-state index in [2.05, 4.69) is 46.1 Å². The van der Waals surface area contributed by atoms with E-state index in [4.69, 9.17) is 5.73 Å². The van der Waals surface area contributed by atoms with Crippen molar-refractivity contribution in [3.8, 4) is 0 Å². The normalized spacial score (nSPS) is 12.7. The number of nitrogens with two attached hydrogens (primary N) is 1. The van der Waals surface area contributed by atoms with Crippen LogP contribution in [0.3, 0.4) is 0 Å². The molecule has 0 bridgehead atoms. The highest BCUT2D eigenvalue weighted by Gasteiger charge is 2.08. The summed E-state index contributed by atoms with van der Waals surface area (Å²) in [5, 5.41) is 5.41. The molecule has 1 aromatic carbocycles. The average molecular weight is 268 g/mol. The molecular weight excluding hydrogens is 252 g/mol. The SMILES string of the molecule is Cc1ccc2cc(C(N)Cc3ccsc3)ccc2n1. The molecule has 0 spiro atoms. The minimum absolute atomic E-state index is 0.0419. The van der Waals surface area contributed by atoms with Crippen LogP contribution in [-0.2, 0) is 6.42 Å². The number of nitrogens with zero attached hydrogens (tertiary/aromatic N) is 1. The van der Waals surface area contributed by atoms with E-state index < -0.39 is 0 Å². The van der Waals surface area contributed by atoms with E-state index in [0.29, 0.717) is 0 Å². The first-order valence-corrected chi connectivity index (χ1v) is 7.30. The predicted molar refractivity (Wildman–Crippen MR) is 81.4 cm³/mol. The average Bonchev–Trinajstić information content (AvgIpc) is 2.91. The van der Waals surface area contributed by atoms with Crippen LogP contribution in [0.15, 0.2) is 47.2 Å². The van der Waals surface area contributed by atoms with Crippen LogP contribution < -0.4 is 5.73 Å². The molecule has 3 aromatic rings. The van der Waals surface area contributed by atoms with Crippen molar-refractivity contribution in [1.82, 2.24) is 4.98 Å². The Morgan fingerprint density at radius 1 is 1.21 bits per heavy atom. The van der Waals surface area contributed by atoms with Crippen LogP contribution in [0.2, 0.25) is 0 Å². The molecule has 0 aliphatic rings. The number of fused-ring (bicyclic) bond motifs is 1. The Kier molecular flexibility index (Phi) is 3.32. The van der Waals surface area contributed by atoms with Gasteiger partial charge in [-0.2, -0.15) is 11.3 Å². The van der Waals surface area contributed by atoms with Gasteiger partial charge in [0.15, 0.2) is 0 Å². The highest BCUT2D eigenvalue weighted by molar-refractivity contribution is 7.07. The highest BCUT2D eigenvalue weighted by Crippen LogP contribution is 2.22. The molecule has 0 aliphatic carbocycles. The van der Waals surface area contributed by atoms with Gasteiger partial charge in [0.25, 0.3) is 0 Å². The molecule has 0 fully saturated rings. The summed E-state index contributed by atoms with van der Waals surface area (Å²) in [7, 11) is 0. The van der Waals surface area contributed by atoms with Crippen molar-refractivity contribution >= 4 is 22.2 Å². The van der Waals surface area contributed by atoms with Crippen molar-refractivity contribution in [2.75, 3.05) is 0 Å². The lowest BCUT2D eigenvalue weighted by molar-refractivity contribution is 0.725. The maximum absolute atomic E-state index is 6.29. The zero-order valence-electron chi connectivity index (χ0n) is 10.8. The van der Waals surface area contributed by atoms with E-state index in [1.54, 1.807) is 11.3 Å². The number of benzene rings is 1. The van der Waals surface area contributed by atoms with Crippen molar-refractivity contribution in [1.29, 1.82) is 0 Å². The smallest absolute Gasteiger partial charge is 0.0705 e. The number of pyridine rings is 1. The number of thiophene rings is 1. The van der Waals surface area contributed by atoms with Gasteiger partial charge in [-0.15, -0.1) is 0 Å². The molecule has 2 nitrogen and oxygen atoms in total. The molecule has 3 rings (SSSR count). The number of rotatable bonds is 3. The Hall–Kier alpha value is -1.71. The molecule has 1 unspecified atom stereocenters. The Bertz CT molecular complexity index is 689. The second kappa shape index (κ2) is 5.11. The van der Waals surface area contributed by atoms with Crippen LogP contribution in [0.1, 0.15) is 22.9 Å². The minimum atomic E-state index is 0.0419. The lowest BCUT2D eigenvalue weighted by Crippen LogP contribution is -2.12. The van der Waals surface area contributed by atoms with Gasteiger partial charge in [0.05, 0.1) is 5.52 Å². The van der Waals surface area contributed by atoms with Gasteiger partial charge in [-0.25, -0.2) is 0 Å². The summed E-state index contributed by atoms with van der Waals surface area (Å²) < 4.78 is 0. The molecule has 2 N–H and O–H groups in total. The summed E-state index contributed by atoms with van der Waals surface area (Å²) in [6.45, 7) is 2.01. The van der Waals surface area contributed by atoms with Gasteiger partial charge in [0.2, 0.25) is 0 Å². The number of aryl methyl sites for hydroxylation is 1. The van der Waals surface area contributed by atoms with Gasteiger partial charge in [0, 0.05) is 17.1 Å². The third-order valence-electron chi connectivity index (χ3n) is 3.32. The third kappa shape index (κ3) is 2.67. The van der Waals surface area contributed by atoms with Crippen molar-refractivity contribution in [2.24, 2.45) is 5.73 Å². The molecule has 2 heterocycles. The highest BCUT2D eigenvalue weighted by atomic mass is 32.1. The van der Waals surface area contributed by atoms with E-state index in [1.807, 2.05) is 13.0 Å². The summed E-state index contributed by atoms with van der Waals surface area (Å²) in [5.41, 5.74) is 10.8. The van der Waals surface area contributed by atoms with Gasteiger partial charge in [0.1, 0.15) is 0 Å². The maximum Gasteiger partial charge on any atom is 0.0705 e. The first-order valence-electron chi connectivity index (χ1n) is 6.36. The van der Waals surface area contributed by atoms with Gasteiger partial charge in [-0.3, -0.25) is 4.98 Å². The second-order valence-electron chi connectivity index (χ2n) is 4.85. The fraction of sp³-hybridized carbons (Fsp3) is 0.188. The molecule has 0 saturated carbocycles. The van der Waals surface area contributed by atoms with Crippen LogP contribution in [0, 0.1) is 6.92 Å². The lowest BCUT2D eigenvalue weighted by Gasteiger charge is -2.12. The first kappa shape index (κ1) is 12.3. The van der Waals surface area contributed by atoms with Crippen molar-refractivity contribution in [2.45, 2.75) is 19.4 Å². The minimum Gasteiger partial charge on any atom is -0.324 e. The summed E-state index contributed by atoms with van der Waals surface area (Å²) in [6, 6.07) is 12.6. The maximum atomic E-state index is 6.29. The van der Waals surface area contributed by atoms with E-state index >= 15 is 0 Å². The Morgan fingerprint density at radius 2 is 2.11 bits per heavy atom. The topological polar surface area (TPSA) is 38.9 Å². The van der Waals surface area contributed by atoms with Gasteiger partial charge >= 0.3 is 0 Å². The third-order valence-corrected chi connectivity index (χ3v) is 4.05. The Labute approximate surface area is 116 Å². The zero-order valence-corrected chi connectivity index (χ0v) is 11.7. The molecule has 0 saturated heterocycles. The van der Waals surface area contributed by atoms with Crippen LogP contribution >= 0.6 is 11.3 Å². The molecule has 3 heteroatoms. The number of hydrogen-bond donors (Lipinski definition) is 1. The first-order chi connectivity index (χ1) is 9.22. The van der Waals surface area contributed by atoms with Crippen molar-refractivity contribution in [3.05, 3.63) is 64.0 Å². The van der Waals surface area contributed by atoms with E-state index in [1.165, 1.54) is 11.1 Å². The molecule has 0 aliphatic heterocycles. The second-order valence-corrected chi connectivity index (χ2v) is 5.63. The molecular formula is C16H16N2S. The van der Waals surface area contributed by atoms with Gasteiger partial charge in [-0.05, 0) is 59.5 Å². The van der Waals surface area contributed by atoms with E-state index in [9.17, 15) is 0 Å². The molecule has 0 radical (unpaired) electrons. The lowest BCUT2D eigenvalue weighted by atomic mass is 9.99. The van der Waals surface area contributed by atoms with Crippen molar-refractivity contribution in [3.63, 3.8) is 0 Å². The Balaban J connectivity index is 1.90. The summed E-state index contributed by atoms with van der Waals surface area (Å²) >= 11 is 1.72. The molecule has 0 amide bonds. The standard InChI is InChI=1S/C16H16N2S/c1-11-2-3-14-9-13(4-5-16(14)18-11)15(17)8-12-6-7-19-10-12/h2-7,9-10,15H,8,17H2,1H3. The van der Waals surface area contributed by atoms with Crippen LogP contribution in [0.4, 0.5) is 0 Å². The molecule has 2 aromatic heterocycles. The van der Waals surface area contributed by atoms with E-state index in [0.717, 1.165) is 23.0 Å². The van der Waals surface area contributed by atoms with Crippen LogP contribution in [0.25, 0.3) is 10.9 Å². The number of aromatic nitrogens is 1. The molecule has 1 atom stereocenters. The van der Waals surface area contributed by atoms with Crippen LogP contribution in [0.5, 0.6) is 0 Å². The summed E-state index contributed by atoms with van der Waals surface area (Å²) in [6.07, 6.45) is 0.883. The summed E-state index contributed by atoms with van der Waals surface area (Å²) in [5.74, 6) is 0. The monoisotopic (exact) mass is 268 g/mol. The van der Waals surface area contributed by atoms with Gasteiger partial charge < -0.3 is 5.73 Å². The summed E-state index contributed by atoms with van der Waals surface area (Å²) in [4.78, 5) is 4.51. The zero-order chi connectivity index (χ0) is 13.2. The Morgan fingerprint density at radius 3 is 2.89 bits per heavy atom. The molecule has 19 heavy (non-hydrogen) atoms. The fourth-order valence-electron chi connectivity index (χ4n) is 2.26. The van der Waals surface area contributed by atoms with E-state index in [-0.39, 0.29) is 6.04 Å². The quantitative estimate of drug-likeness (QED) is 0.783. The van der Waals surface area contributed by atoms with Gasteiger partial charge in [-0.1, -0.05) is 12.1 Å². The number of hydrogen-bond acceptors (Lipinski definition) is 3. The molecule has 96 valence electrons. The van der Waals surface area contributed by atoms with Crippen molar-refractivity contribution < 1.29 is 0 Å².